The average Bonchev–Trinajstić information content (AvgIpc) is 2.58. The normalized spacial score (nSPS) is 10.8. The predicted octanol–water partition coefficient (Wildman–Crippen LogP) is 1.61. The molecule has 0 aliphatic heterocycles. The van der Waals surface area contributed by atoms with Crippen molar-refractivity contribution in [3.05, 3.63) is 54.1 Å². The summed E-state index contributed by atoms with van der Waals surface area (Å²) in [6, 6.07) is 7.55. The van der Waals surface area contributed by atoms with Crippen molar-refractivity contribution in [1.29, 1.82) is 0 Å². The minimum absolute atomic E-state index is 0.0561. The van der Waals surface area contributed by atoms with Crippen LogP contribution in [0.5, 0.6) is 5.75 Å². The molecule has 0 atom stereocenters. The lowest BCUT2D eigenvalue weighted by atomic mass is 9.87. The lowest BCUT2D eigenvalue weighted by Gasteiger charge is -2.19. The van der Waals surface area contributed by atoms with Gasteiger partial charge in [-0.2, -0.15) is 0 Å². The third-order valence-electron chi connectivity index (χ3n) is 3.20. The van der Waals surface area contributed by atoms with Crippen LogP contribution in [-0.2, 0) is 10.2 Å². The zero-order valence-electron chi connectivity index (χ0n) is 13.9. The summed E-state index contributed by atoms with van der Waals surface area (Å²) in [7, 11) is 0. The highest BCUT2D eigenvalue weighted by atomic mass is 16.5. The van der Waals surface area contributed by atoms with Crippen molar-refractivity contribution in [1.82, 2.24) is 20.8 Å². The molecule has 2 rings (SSSR count). The average molecular weight is 328 g/mol. The molecule has 2 N–H and O–H groups in total. The van der Waals surface area contributed by atoms with Crippen LogP contribution in [0.15, 0.2) is 42.9 Å². The molecule has 2 amide bonds. The lowest BCUT2D eigenvalue weighted by molar-refractivity contribution is -0.123. The van der Waals surface area contributed by atoms with Gasteiger partial charge in [-0.05, 0) is 23.1 Å². The molecule has 1 aromatic heterocycles. The Bertz CT molecular complexity index is 694. The fraction of sp³-hybridized carbons (Fsp3) is 0.294. The largest absolute Gasteiger partial charge is 0.484 e. The SMILES string of the molecule is CC(C)(C)c1ccc(OCC(=O)NNC(=O)c2cnccn2)cc1. The summed E-state index contributed by atoms with van der Waals surface area (Å²) in [5.41, 5.74) is 5.84. The van der Waals surface area contributed by atoms with Gasteiger partial charge in [0.25, 0.3) is 11.8 Å². The van der Waals surface area contributed by atoms with Crippen molar-refractivity contribution in [3.8, 4) is 5.75 Å². The summed E-state index contributed by atoms with van der Waals surface area (Å²) in [6.45, 7) is 6.15. The predicted molar refractivity (Wildman–Crippen MR) is 88.3 cm³/mol. The third-order valence-corrected chi connectivity index (χ3v) is 3.20. The van der Waals surface area contributed by atoms with Gasteiger partial charge in [-0.3, -0.25) is 25.4 Å². The maximum absolute atomic E-state index is 11.7. The van der Waals surface area contributed by atoms with Crippen LogP contribution in [0, 0.1) is 0 Å². The molecule has 0 radical (unpaired) electrons. The maximum Gasteiger partial charge on any atom is 0.289 e. The number of carbonyl (C=O) groups excluding carboxylic acids is 2. The van der Waals surface area contributed by atoms with Crippen molar-refractivity contribution in [3.63, 3.8) is 0 Å². The summed E-state index contributed by atoms with van der Waals surface area (Å²) >= 11 is 0. The quantitative estimate of drug-likeness (QED) is 0.832. The van der Waals surface area contributed by atoms with Crippen molar-refractivity contribution >= 4 is 11.8 Å². The van der Waals surface area contributed by atoms with Crippen LogP contribution in [0.3, 0.4) is 0 Å². The fourth-order valence-electron chi connectivity index (χ4n) is 1.84. The number of nitrogens with zero attached hydrogens (tertiary/aromatic N) is 2. The zero-order chi connectivity index (χ0) is 17.6. The highest BCUT2D eigenvalue weighted by molar-refractivity contribution is 5.93. The van der Waals surface area contributed by atoms with Crippen molar-refractivity contribution < 1.29 is 14.3 Å². The smallest absolute Gasteiger partial charge is 0.289 e. The van der Waals surface area contributed by atoms with E-state index in [4.69, 9.17) is 4.74 Å². The van der Waals surface area contributed by atoms with E-state index in [1.54, 1.807) is 0 Å². The number of hydrogen-bond acceptors (Lipinski definition) is 5. The number of carbonyl (C=O) groups is 2. The van der Waals surface area contributed by atoms with E-state index in [0.29, 0.717) is 5.75 Å². The molecule has 0 fully saturated rings. The number of hydrazine groups is 1. The van der Waals surface area contributed by atoms with Gasteiger partial charge in [-0.1, -0.05) is 32.9 Å². The van der Waals surface area contributed by atoms with E-state index in [9.17, 15) is 9.59 Å². The topological polar surface area (TPSA) is 93.2 Å². The summed E-state index contributed by atoms with van der Waals surface area (Å²) < 4.78 is 5.38. The van der Waals surface area contributed by atoms with Gasteiger partial charge in [0.2, 0.25) is 0 Å². The monoisotopic (exact) mass is 328 g/mol. The summed E-state index contributed by atoms with van der Waals surface area (Å²) in [4.78, 5) is 31.0. The number of amides is 2. The second-order valence-corrected chi connectivity index (χ2v) is 6.16. The Balaban J connectivity index is 1.78. The van der Waals surface area contributed by atoms with Crippen LogP contribution in [0.25, 0.3) is 0 Å². The van der Waals surface area contributed by atoms with Gasteiger partial charge in [-0.25, -0.2) is 4.98 Å². The fourth-order valence-corrected chi connectivity index (χ4v) is 1.84. The second kappa shape index (κ2) is 7.54. The lowest BCUT2D eigenvalue weighted by Crippen LogP contribution is -2.44. The molecule has 7 heteroatoms. The van der Waals surface area contributed by atoms with Gasteiger partial charge in [0.15, 0.2) is 6.61 Å². The molecule has 0 spiro atoms. The highest BCUT2D eigenvalue weighted by Gasteiger charge is 2.13. The summed E-state index contributed by atoms with van der Waals surface area (Å²) in [5, 5.41) is 0. The molecule has 7 nitrogen and oxygen atoms in total. The molecule has 0 unspecified atom stereocenters. The van der Waals surface area contributed by atoms with Gasteiger partial charge in [0, 0.05) is 12.4 Å². The molecular weight excluding hydrogens is 308 g/mol. The van der Waals surface area contributed by atoms with E-state index in [1.165, 1.54) is 24.2 Å². The molecule has 1 heterocycles. The molecule has 126 valence electrons. The first-order valence-corrected chi connectivity index (χ1v) is 7.45. The first-order chi connectivity index (χ1) is 11.4. The van der Waals surface area contributed by atoms with Crippen LogP contribution in [0.2, 0.25) is 0 Å². The standard InChI is InChI=1S/C17H20N4O3/c1-17(2,3)12-4-6-13(7-5-12)24-11-15(22)20-21-16(23)14-10-18-8-9-19-14/h4-10H,11H2,1-3H3,(H,20,22)(H,21,23). The van der Waals surface area contributed by atoms with Crippen molar-refractivity contribution in [2.45, 2.75) is 26.2 Å². The van der Waals surface area contributed by atoms with Crippen LogP contribution >= 0.6 is 0 Å². The van der Waals surface area contributed by atoms with Crippen molar-refractivity contribution in [2.24, 2.45) is 0 Å². The number of ether oxygens (including phenoxy) is 1. The van der Waals surface area contributed by atoms with E-state index in [2.05, 4.69) is 41.6 Å². The molecule has 0 saturated heterocycles. The molecule has 0 bridgehead atoms. The Labute approximate surface area is 140 Å². The van der Waals surface area contributed by atoms with E-state index >= 15 is 0 Å². The molecule has 1 aromatic carbocycles. The van der Waals surface area contributed by atoms with Crippen LogP contribution in [0.4, 0.5) is 0 Å². The first-order valence-electron chi connectivity index (χ1n) is 7.45. The molecule has 0 aliphatic rings. The minimum Gasteiger partial charge on any atom is -0.484 e. The van der Waals surface area contributed by atoms with Gasteiger partial charge in [-0.15, -0.1) is 0 Å². The Morgan fingerprint density at radius 1 is 1.08 bits per heavy atom. The molecule has 24 heavy (non-hydrogen) atoms. The van der Waals surface area contributed by atoms with E-state index < -0.39 is 11.8 Å². The van der Waals surface area contributed by atoms with Gasteiger partial charge < -0.3 is 4.74 Å². The molecule has 0 aliphatic carbocycles. The van der Waals surface area contributed by atoms with E-state index in [-0.39, 0.29) is 17.7 Å². The molecule has 2 aromatic rings. The third kappa shape index (κ3) is 5.05. The zero-order valence-corrected chi connectivity index (χ0v) is 13.9. The number of hydrogen-bond donors (Lipinski definition) is 2. The molecular formula is C17H20N4O3. The Kier molecular flexibility index (Phi) is 5.47. The number of rotatable bonds is 4. The first kappa shape index (κ1) is 17.4. The second-order valence-electron chi connectivity index (χ2n) is 6.16. The number of nitrogens with one attached hydrogen (secondary N) is 2. The highest BCUT2D eigenvalue weighted by Crippen LogP contribution is 2.24. The minimum atomic E-state index is -0.550. The maximum atomic E-state index is 11.7. The molecule has 0 saturated carbocycles. The van der Waals surface area contributed by atoms with Crippen molar-refractivity contribution in [2.75, 3.05) is 6.61 Å². The number of benzene rings is 1. The van der Waals surface area contributed by atoms with E-state index in [1.807, 2.05) is 24.3 Å². The van der Waals surface area contributed by atoms with Crippen LogP contribution < -0.4 is 15.6 Å². The van der Waals surface area contributed by atoms with Gasteiger partial charge in [0.05, 0.1) is 6.20 Å². The number of aromatic nitrogens is 2. The van der Waals surface area contributed by atoms with Gasteiger partial charge in [0.1, 0.15) is 11.4 Å². The summed E-state index contributed by atoms with van der Waals surface area (Å²) in [5.74, 6) is -0.448. The van der Waals surface area contributed by atoms with Crippen LogP contribution in [0.1, 0.15) is 36.8 Å². The summed E-state index contributed by atoms with van der Waals surface area (Å²) in [6.07, 6.45) is 4.14. The Morgan fingerprint density at radius 3 is 2.38 bits per heavy atom. The Morgan fingerprint density at radius 2 is 1.79 bits per heavy atom. The Hall–Kier alpha value is -2.96. The van der Waals surface area contributed by atoms with Gasteiger partial charge >= 0.3 is 0 Å². The van der Waals surface area contributed by atoms with E-state index in [0.717, 1.165) is 0 Å². The van der Waals surface area contributed by atoms with Crippen LogP contribution in [-0.4, -0.2) is 28.4 Å².